The number of hydrogen-bond donors (Lipinski definition) is 1. The summed E-state index contributed by atoms with van der Waals surface area (Å²) in [6.07, 6.45) is 1.83. The van der Waals surface area contributed by atoms with Crippen LogP contribution in [0.5, 0.6) is 11.5 Å². The third-order valence-electron chi connectivity index (χ3n) is 7.39. The minimum atomic E-state index is -0.163. The molecule has 1 aliphatic rings. The van der Waals surface area contributed by atoms with Crippen molar-refractivity contribution < 1.29 is 9.47 Å². The van der Waals surface area contributed by atoms with Crippen molar-refractivity contribution in [3.8, 4) is 17.2 Å². The lowest BCUT2D eigenvalue weighted by molar-refractivity contribution is 0.403. The molecule has 2 aromatic heterocycles. The topological polar surface area (TPSA) is 51.6 Å². The van der Waals surface area contributed by atoms with Crippen LogP contribution in [0.1, 0.15) is 51.4 Å². The van der Waals surface area contributed by atoms with E-state index in [0.717, 1.165) is 22.9 Å². The van der Waals surface area contributed by atoms with Crippen molar-refractivity contribution in [3.05, 3.63) is 100 Å². The van der Waals surface area contributed by atoms with E-state index in [1.54, 1.807) is 14.2 Å². The lowest BCUT2D eigenvalue weighted by Crippen LogP contribution is -2.30. The van der Waals surface area contributed by atoms with Crippen LogP contribution in [0, 0.1) is 34.6 Å². The largest absolute Gasteiger partial charge is 0.497 e. The molecule has 1 aliphatic heterocycles. The molecule has 196 valence electrons. The molecule has 6 nitrogen and oxygen atoms in total. The van der Waals surface area contributed by atoms with Crippen LogP contribution in [-0.2, 0) is 0 Å². The second-order valence-corrected chi connectivity index (χ2v) is 10.3. The number of aromatic nitrogens is 2. The Balaban J connectivity index is 1.74. The SMILES string of the molecule is COc1ccc(OC)c(N2C(=S)N[C@@H](c3ccccn3)[C@@H]2c2cc(C)n(-c3c(C)cc(C)cc3C)c2C)c1. The van der Waals surface area contributed by atoms with E-state index in [4.69, 9.17) is 26.7 Å². The molecule has 0 spiro atoms. The molecule has 0 bridgehead atoms. The number of pyridine rings is 1. The van der Waals surface area contributed by atoms with Crippen LogP contribution in [0.4, 0.5) is 5.69 Å². The van der Waals surface area contributed by atoms with Crippen LogP contribution in [0.25, 0.3) is 5.69 Å². The van der Waals surface area contributed by atoms with E-state index >= 15 is 0 Å². The first kappa shape index (κ1) is 25.8. The van der Waals surface area contributed by atoms with Crippen LogP contribution in [0.3, 0.4) is 0 Å². The van der Waals surface area contributed by atoms with Crippen molar-refractivity contribution in [2.24, 2.45) is 0 Å². The number of nitrogens with one attached hydrogen (secondary N) is 1. The fourth-order valence-corrected chi connectivity index (χ4v) is 6.21. The van der Waals surface area contributed by atoms with Gasteiger partial charge in [-0.25, -0.2) is 0 Å². The van der Waals surface area contributed by atoms with Gasteiger partial charge in [0.2, 0.25) is 0 Å². The van der Waals surface area contributed by atoms with Gasteiger partial charge in [0.25, 0.3) is 0 Å². The second kappa shape index (κ2) is 10.1. The lowest BCUT2D eigenvalue weighted by Gasteiger charge is -2.29. The Bertz CT molecular complexity index is 1490. The Morgan fingerprint density at radius 2 is 1.63 bits per heavy atom. The van der Waals surface area contributed by atoms with Crippen LogP contribution in [0.2, 0.25) is 0 Å². The summed E-state index contributed by atoms with van der Waals surface area (Å²) in [7, 11) is 3.35. The summed E-state index contributed by atoms with van der Waals surface area (Å²) in [5.41, 5.74) is 10.3. The van der Waals surface area contributed by atoms with Crippen molar-refractivity contribution in [1.82, 2.24) is 14.9 Å². The Morgan fingerprint density at radius 3 is 2.26 bits per heavy atom. The molecule has 1 saturated heterocycles. The van der Waals surface area contributed by atoms with Gasteiger partial charge in [-0.2, -0.15) is 0 Å². The number of hydrogen-bond acceptors (Lipinski definition) is 4. The zero-order valence-electron chi connectivity index (χ0n) is 23.0. The number of methoxy groups -OCH3 is 2. The van der Waals surface area contributed by atoms with Gasteiger partial charge in [-0.15, -0.1) is 0 Å². The lowest BCUT2D eigenvalue weighted by atomic mass is 9.96. The molecule has 2 atom stereocenters. The van der Waals surface area contributed by atoms with E-state index in [2.05, 4.69) is 67.6 Å². The minimum absolute atomic E-state index is 0.159. The third kappa shape index (κ3) is 4.31. The highest BCUT2D eigenvalue weighted by Crippen LogP contribution is 2.47. The number of nitrogens with zero attached hydrogens (tertiary/aromatic N) is 3. The van der Waals surface area contributed by atoms with Crippen molar-refractivity contribution in [3.63, 3.8) is 0 Å². The van der Waals surface area contributed by atoms with Crippen LogP contribution in [-0.4, -0.2) is 28.9 Å². The van der Waals surface area contributed by atoms with E-state index in [9.17, 15) is 0 Å². The average Bonchev–Trinajstić information content (AvgIpc) is 3.39. The number of aryl methyl sites for hydroxylation is 4. The molecule has 0 saturated carbocycles. The molecule has 0 amide bonds. The Labute approximate surface area is 230 Å². The smallest absolute Gasteiger partial charge is 0.174 e. The summed E-state index contributed by atoms with van der Waals surface area (Å²) < 4.78 is 13.7. The predicted octanol–water partition coefficient (Wildman–Crippen LogP) is 6.61. The van der Waals surface area contributed by atoms with Gasteiger partial charge in [0.1, 0.15) is 11.5 Å². The molecule has 0 radical (unpaired) electrons. The summed E-state index contributed by atoms with van der Waals surface area (Å²) in [6.45, 7) is 10.9. The van der Waals surface area contributed by atoms with Crippen molar-refractivity contribution in [2.75, 3.05) is 19.1 Å². The number of rotatable bonds is 6. The monoisotopic (exact) mass is 526 g/mol. The van der Waals surface area contributed by atoms with E-state index in [0.29, 0.717) is 5.11 Å². The van der Waals surface area contributed by atoms with Gasteiger partial charge < -0.3 is 24.3 Å². The number of thiocarbonyl (C=S) groups is 1. The molecule has 38 heavy (non-hydrogen) atoms. The summed E-state index contributed by atoms with van der Waals surface area (Å²) in [6, 6.07) is 18.3. The number of anilines is 1. The maximum absolute atomic E-state index is 5.98. The minimum Gasteiger partial charge on any atom is -0.497 e. The zero-order valence-corrected chi connectivity index (χ0v) is 23.8. The van der Waals surface area contributed by atoms with Gasteiger partial charge in [-0.1, -0.05) is 23.8 Å². The standard InChI is InChI=1S/C31H34N4O2S/c1-18-14-19(2)29(20(3)15-18)34-21(4)16-24(22(34)5)30-28(25-10-8-9-13-32-25)33-31(38)35(30)26-17-23(36-6)11-12-27(26)37-7/h8-17,28,30H,1-7H3,(H,33,38)/t28-,30-/m0/s1. The highest BCUT2D eigenvalue weighted by molar-refractivity contribution is 7.80. The highest BCUT2D eigenvalue weighted by Gasteiger charge is 2.43. The van der Waals surface area contributed by atoms with Gasteiger partial charge in [-0.3, -0.25) is 4.98 Å². The molecular formula is C31H34N4O2S. The predicted molar refractivity (Wildman–Crippen MR) is 157 cm³/mol. The van der Waals surface area contributed by atoms with Gasteiger partial charge >= 0.3 is 0 Å². The highest BCUT2D eigenvalue weighted by atomic mass is 32.1. The molecule has 7 heteroatoms. The third-order valence-corrected chi connectivity index (χ3v) is 7.71. The molecular weight excluding hydrogens is 492 g/mol. The molecule has 1 fully saturated rings. The number of ether oxygens (including phenoxy) is 2. The van der Waals surface area contributed by atoms with Crippen molar-refractivity contribution in [1.29, 1.82) is 0 Å². The second-order valence-electron chi connectivity index (χ2n) is 9.94. The maximum Gasteiger partial charge on any atom is 0.174 e. The fourth-order valence-electron chi connectivity index (χ4n) is 5.87. The van der Waals surface area contributed by atoms with Crippen LogP contribution < -0.4 is 19.7 Å². The molecule has 5 rings (SSSR count). The first-order valence-corrected chi connectivity index (χ1v) is 13.2. The molecule has 1 N–H and O–H groups in total. The van der Waals surface area contributed by atoms with Crippen molar-refractivity contribution in [2.45, 2.75) is 46.7 Å². The summed E-state index contributed by atoms with van der Waals surface area (Å²) >= 11 is 5.98. The molecule has 3 heterocycles. The van der Waals surface area contributed by atoms with Gasteiger partial charge in [-0.05, 0) is 93.9 Å². The molecule has 0 aliphatic carbocycles. The first-order chi connectivity index (χ1) is 18.2. The Morgan fingerprint density at radius 1 is 0.895 bits per heavy atom. The van der Waals surface area contributed by atoms with Gasteiger partial charge in [0.15, 0.2) is 5.11 Å². The first-order valence-electron chi connectivity index (χ1n) is 12.7. The normalized spacial score (nSPS) is 17.0. The molecule has 4 aromatic rings. The van der Waals surface area contributed by atoms with E-state index in [1.807, 2.05) is 42.6 Å². The fraction of sp³-hybridized carbons (Fsp3) is 0.290. The molecule has 0 unspecified atom stereocenters. The van der Waals surface area contributed by atoms with Crippen LogP contribution in [0.15, 0.2) is 60.8 Å². The Kier molecular flexibility index (Phi) is 6.88. The zero-order chi connectivity index (χ0) is 27.1. The van der Waals surface area contributed by atoms with E-state index in [1.165, 1.54) is 39.3 Å². The Hall–Kier alpha value is -3.84. The van der Waals surface area contributed by atoms with E-state index < -0.39 is 0 Å². The summed E-state index contributed by atoms with van der Waals surface area (Å²) in [4.78, 5) is 6.87. The van der Waals surface area contributed by atoms with Crippen LogP contribution >= 0.6 is 12.2 Å². The summed E-state index contributed by atoms with van der Waals surface area (Å²) in [5, 5.41) is 4.19. The van der Waals surface area contributed by atoms with E-state index in [-0.39, 0.29) is 12.1 Å². The quantitative estimate of drug-likeness (QED) is 0.285. The van der Waals surface area contributed by atoms with Gasteiger partial charge in [0.05, 0.1) is 43.4 Å². The summed E-state index contributed by atoms with van der Waals surface area (Å²) in [5.74, 6) is 1.46. The average molecular weight is 527 g/mol. The number of benzene rings is 2. The maximum atomic E-state index is 5.98. The van der Waals surface area contributed by atoms with Gasteiger partial charge in [0, 0.05) is 23.7 Å². The van der Waals surface area contributed by atoms with Crippen molar-refractivity contribution >= 4 is 23.0 Å². The molecule has 2 aromatic carbocycles.